The highest BCUT2D eigenvalue weighted by Crippen LogP contribution is 2.27. The average molecular weight is 240 g/mol. The molecule has 1 saturated carbocycles. The summed E-state index contributed by atoms with van der Waals surface area (Å²) < 4.78 is 0. The summed E-state index contributed by atoms with van der Waals surface area (Å²) in [6.07, 6.45) is 10.0. The molecule has 2 heteroatoms. The summed E-state index contributed by atoms with van der Waals surface area (Å²) in [6.45, 7) is 10.8. The van der Waals surface area contributed by atoms with Crippen LogP contribution < -0.4 is 5.32 Å². The van der Waals surface area contributed by atoms with Gasteiger partial charge in [-0.1, -0.05) is 33.1 Å². The van der Waals surface area contributed by atoms with Crippen molar-refractivity contribution >= 4 is 0 Å². The normalized spacial score (nSPS) is 16.4. The van der Waals surface area contributed by atoms with Crippen molar-refractivity contribution in [2.24, 2.45) is 5.92 Å². The van der Waals surface area contributed by atoms with Crippen LogP contribution >= 0.6 is 0 Å². The quantitative estimate of drug-likeness (QED) is 0.558. The van der Waals surface area contributed by atoms with Gasteiger partial charge in [-0.2, -0.15) is 0 Å². The highest BCUT2D eigenvalue weighted by molar-refractivity contribution is 4.73. The summed E-state index contributed by atoms with van der Waals surface area (Å²) in [5.74, 6) is 1.03. The minimum Gasteiger partial charge on any atom is -0.317 e. The molecule has 1 aliphatic rings. The molecular weight excluding hydrogens is 208 g/mol. The van der Waals surface area contributed by atoms with Crippen LogP contribution in [0.15, 0.2) is 0 Å². The molecule has 17 heavy (non-hydrogen) atoms. The molecule has 0 unspecified atom stereocenters. The molecule has 0 saturated heterocycles. The van der Waals surface area contributed by atoms with Gasteiger partial charge in [0, 0.05) is 6.54 Å². The Bertz CT molecular complexity index is 166. The minimum atomic E-state index is 1.03. The lowest BCUT2D eigenvalue weighted by Crippen LogP contribution is -2.33. The molecule has 0 heterocycles. The minimum absolute atomic E-state index is 1.03. The van der Waals surface area contributed by atoms with Gasteiger partial charge >= 0.3 is 0 Å². The van der Waals surface area contributed by atoms with Crippen molar-refractivity contribution in [3.8, 4) is 0 Å². The van der Waals surface area contributed by atoms with E-state index in [0.29, 0.717) is 0 Å². The van der Waals surface area contributed by atoms with Crippen LogP contribution in [0.1, 0.15) is 58.8 Å². The lowest BCUT2D eigenvalue weighted by Gasteiger charge is -2.31. The van der Waals surface area contributed by atoms with E-state index in [0.717, 1.165) is 12.5 Å². The first-order valence-electron chi connectivity index (χ1n) is 7.79. The van der Waals surface area contributed by atoms with E-state index in [1.54, 1.807) is 0 Å². The van der Waals surface area contributed by atoms with Crippen LogP contribution in [0.2, 0.25) is 0 Å². The van der Waals surface area contributed by atoms with E-state index in [-0.39, 0.29) is 0 Å². The molecule has 0 aromatic carbocycles. The van der Waals surface area contributed by atoms with Crippen molar-refractivity contribution in [2.75, 3.05) is 32.7 Å². The summed E-state index contributed by atoms with van der Waals surface area (Å²) in [6, 6.07) is 0. The molecule has 2 nitrogen and oxygen atoms in total. The zero-order valence-electron chi connectivity index (χ0n) is 12.0. The van der Waals surface area contributed by atoms with Gasteiger partial charge in [-0.3, -0.25) is 0 Å². The maximum atomic E-state index is 3.39. The number of hydrogen-bond donors (Lipinski definition) is 1. The van der Waals surface area contributed by atoms with Gasteiger partial charge in [0.25, 0.3) is 0 Å². The van der Waals surface area contributed by atoms with Crippen molar-refractivity contribution in [1.82, 2.24) is 10.2 Å². The van der Waals surface area contributed by atoms with E-state index in [1.807, 2.05) is 0 Å². The molecule has 1 N–H and O–H groups in total. The van der Waals surface area contributed by atoms with E-state index < -0.39 is 0 Å². The van der Waals surface area contributed by atoms with Gasteiger partial charge in [0.15, 0.2) is 0 Å². The highest BCUT2D eigenvalue weighted by Gasteiger charge is 2.19. The van der Waals surface area contributed by atoms with E-state index in [2.05, 4.69) is 24.1 Å². The summed E-state index contributed by atoms with van der Waals surface area (Å²) in [5.41, 5.74) is 0. The van der Waals surface area contributed by atoms with E-state index in [1.165, 1.54) is 71.1 Å². The van der Waals surface area contributed by atoms with Crippen LogP contribution in [-0.2, 0) is 0 Å². The number of nitrogens with one attached hydrogen (secondary N) is 1. The first-order valence-corrected chi connectivity index (χ1v) is 7.79. The van der Waals surface area contributed by atoms with Crippen LogP contribution in [0.5, 0.6) is 0 Å². The summed E-state index contributed by atoms with van der Waals surface area (Å²) in [7, 11) is 0. The van der Waals surface area contributed by atoms with E-state index in [4.69, 9.17) is 0 Å². The molecule has 0 aromatic rings. The van der Waals surface area contributed by atoms with E-state index in [9.17, 15) is 0 Å². The second-order valence-corrected chi connectivity index (χ2v) is 5.46. The summed E-state index contributed by atoms with van der Waals surface area (Å²) in [5, 5.41) is 3.39. The molecule has 0 bridgehead atoms. The fourth-order valence-corrected chi connectivity index (χ4v) is 2.53. The Labute approximate surface area is 108 Å². The Morgan fingerprint density at radius 2 is 1.82 bits per heavy atom. The Morgan fingerprint density at radius 3 is 2.41 bits per heavy atom. The van der Waals surface area contributed by atoms with Crippen LogP contribution in [0.25, 0.3) is 0 Å². The molecule has 0 amide bonds. The van der Waals surface area contributed by atoms with Crippen molar-refractivity contribution in [1.29, 1.82) is 0 Å². The molecule has 0 radical (unpaired) electrons. The Hall–Kier alpha value is -0.0800. The van der Waals surface area contributed by atoms with Crippen molar-refractivity contribution in [2.45, 2.75) is 58.8 Å². The monoisotopic (exact) mass is 240 g/mol. The third kappa shape index (κ3) is 7.05. The number of nitrogens with zero attached hydrogens (tertiary/aromatic N) is 1. The van der Waals surface area contributed by atoms with Gasteiger partial charge < -0.3 is 10.2 Å². The summed E-state index contributed by atoms with van der Waals surface area (Å²) in [4.78, 5) is 2.66. The van der Waals surface area contributed by atoms with Gasteiger partial charge in [0.1, 0.15) is 0 Å². The number of rotatable bonds is 11. The predicted molar refractivity (Wildman–Crippen MR) is 76.5 cm³/mol. The zero-order valence-corrected chi connectivity index (χ0v) is 12.0. The lowest BCUT2D eigenvalue weighted by molar-refractivity contribution is 0.181. The van der Waals surface area contributed by atoms with Gasteiger partial charge in [-0.05, 0) is 57.8 Å². The maximum absolute atomic E-state index is 3.39. The van der Waals surface area contributed by atoms with Gasteiger partial charge in [-0.25, -0.2) is 0 Å². The molecule has 1 fully saturated rings. The Balaban J connectivity index is 1.88. The lowest BCUT2D eigenvalue weighted by atomic mass is 9.85. The molecule has 0 aromatic heterocycles. The molecular formula is C15H32N2. The first-order chi connectivity index (χ1) is 8.36. The van der Waals surface area contributed by atoms with Crippen molar-refractivity contribution in [3.05, 3.63) is 0 Å². The number of hydrogen-bond acceptors (Lipinski definition) is 2. The largest absolute Gasteiger partial charge is 0.317 e. The fraction of sp³-hybridized carbons (Fsp3) is 1.00. The average Bonchev–Trinajstić information content (AvgIpc) is 2.29. The second kappa shape index (κ2) is 9.90. The highest BCUT2D eigenvalue weighted by atomic mass is 15.1. The molecule has 0 spiro atoms. The third-order valence-electron chi connectivity index (χ3n) is 4.02. The summed E-state index contributed by atoms with van der Waals surface area (Å²) >= 11 is 0. The Morgan fingerprint density at radius 1 is 1.06 bits per heavy atom. The van der Waals surface area contributed by atoms with Gasteiger partial charge in [0.2, 0.25) is 0 Å². The molecule has 102 valence electrons. The molecule has 0 aliphatic heterocycles. The van der Waals surface area contributed by atoms with Crippen molar-refractivity contribution < 1.29 is 0 Å². The van der Waals surface area contributed by atoms with Crippen LogP contribution in [0, 0.1) is 5.92 Å². The predicted octanol–water partition coefficient (Wildman–Crippen LogP) is 3.28. The Kier molecular flexibility index (Phi) is 8.72. The van der Waals surface area contributed by atoms with Crippen LogP contribution in [-0.4, -0.2) is 37.6 Å². The second-order valence-electron chi connectivity index (χ2n) is 5.46. The topological polar surface area (TPSA) is 15.3 Å². The molecule has 1 rings (SSSR count). The number of unbranched alkanes of at least 4 members (excludes halogenated alkanes) is 3. The third-order valence-corrected chi connectivity index (χ3v) is 4.02. The first kappa shape index (κ1) is 15.0. The molecule has 1 aliphatic carbocycles. The van der Waals surface area contributed by atoms with Crippen molar-refractivity contribution in [3.63, 3.8) is 0 Å². The zero-order chi connectivity index (χ0) is 12.3. The standard InChI is InChI=1S/C15H32N2/c1-3-16-12-7-5-6-8-13-17(4-2)14-15-10-9-11-15/h15-16H,3-14H2,1-2H3. The van der Waals surface area contributed by atoms with Crippen LogP contribution in [0.3, 0.4) is 0 Å². The van der Waals surface area contributed by atoms with E-state index >= 15 is 0 Å². The fourth-order valence-electron chi connectivity index (χ4n) is 2.53. The maximum Gasteiger partial charge on any atom is 0.000954 e. The smallest absolute Gasteiger partial charge is 0.000954 e. The SMILES string of the molecule is CCNCCCCCCN(CC)CC1CCC1. The van der Waals surface area contributed by atoms with Gasteiger partial charge in [-0.15, -0.1) is 0 Å². The molecule has 0 atom stereocenters. The van der Waals surface area contributed by atoms with Gasteiger partial charge in [0.05, 0.1) is 0 Å². The van der Waals surface area contributed by atoms with Crippen LogP contribution in [0.4, 0.5) is 0 Å².